The van der Waals surface area contributed by atoms with Gasteiger partial charge in [-0.15, -0.1) is 6.58 Å². The predicted molar refractivity (Wildman–Crippen MR) is 107 cm³/mol. The van der Waals surface area contributed by atoms with Gasteiger partial charge in [0, 0.05) is 26.0 Å². The van der Waals surface area contributed by atoms with Gasteiger partial charge >= 0.3 is 5.97 Å². The molecular weight excluding hydrogens is 380 g/mol. The molecule has 8 nitrogen and oxygen atoms in total. The Balaban J connectivity index is 1.98. The molecule has 0 unspecified atom stereocenters. The van der Waals surface area contributed by atoms with Gasteiger partial charge in [0.2, 0.25) is 5.91 Å². The zero-order valence-corrected chi connectivity index (χ0v) is 16.5. The molecule has 0 spiro atoms. The maximum Gasteiger partial charge on any atom is 0.341 e. The molecule has 0 saturated heterocycles. The lowest BCUT2D eigenvalue weighted by Gasteiger charge is -2.15. The number of nitrogens with one attached hydrogen (secondary N) is 2. The Morgan fingerprint density at radius 1 is 1.36 bits per heavy atom. The number of carbonyl (C=O) groups is 3. The van der Waals surface area contributed by atoms with Crippen LogP contribution in [-0.4, -0.2) is 45.7 Å². The van der Waals surface area contributed by atoms with Crippen LogP contribution in [0.5, 0.6) is 0 Å². The first-order valence-electron chi connectivity index (χ1n) is 8.51. The Hall–Kier alpha value is -3.07. The van der Waals surface area contributed by atoms with Gasteiger partial charge in [-0.2, -0.15) is 0 Å². The molecule has 9 heteroatoms. The lowest BCUT2D eigenvalue weighted by Crippen LogP contribution is -2.36. The van der Waals surface area contributed by atoms with Crippen molar-refractivity contribution in [1.82, 2.24) is 14.9 Å². The van der Waals surface area contributed by atoms with Gasteiger partial charge in [0.05, 0.1) is 17.0 Å². The van der Waals surface area contributed by atoms with E-state index in [0.29, 0.717) is 10.8 Å². The summed E-state index contributed by atoms with van der Waals surface area (Å²) in [6.07, 6.45) is 3.99. The molecule has 0 aliphatic heterocycles. The second-order valence-corrected chi connectivity index (χ2v) is 6.73. The maximum absolute atomic E-state index is 12.4. The van der Waals surface area contributed by atoms with Gasteiger partial charge in [0.1, 0.15) is 0 Å². The van der Waals surface area contributed by atoms with Gasteiger partial charge in [0.15, 0.2) is 11.3 Å². The number of aryl methyl sites for hydroxylation is 1. The average Bonchev–Trinajstić information content (AvgIpc) is 3.09. The van der Waals surface area contributed by atoms with Crippen molar-refractivity contribution in [1.29, 1.82) is 0 Å². The van der Waals surface area contributed by atoms with E-state index in [2.05, 4.69) is 22.2 Å². The van der Waals surface area contributed by atoms with Crippen LogP contribution in [-0.2, 0) is 21.4 Å². The normalized spacial score (nSPS) is 11.4. The van der Waals surface area contributed by atoms with Gasteiger partial charge in [-0.3, -0.25) is 9.59 Å². The third-order valence-corrected chi connectivity index (χ3v) is 4.66. The van der Waals surface area contributed by atoms with Crippen molar-refractivity contribution in [3.8, 4) is 0 Å². The van der Waals surface area contributed by atoms with E-state index in [0.717, 1.165) is 0 Å². The fraction of sp³-hybridized carbons (Fsp3) is 0.263. The van der Waals surface area contributed by atoms with Crippen LogP contribution < -0.4 is 10.6 Å². The molecule has 0 aliphatic rings. The van der Waals surface area contributed by atoms with Crippen LogP contribution >= 0.6 is 11.8 Å². The predicted octanol–water partition coefficient (Wildman–Crippen LogP) is 2.00. The Bertz CT molecular complexity index is 865. The van der Waals surface area contributed by atoms with Crippen molar-refractivity contribution in [2.24, 2.45) is 7.05 Å². The minimum Gasteiger partial charge on any atom is -0.449 e. The van der Waals surface area contributed by atoms with E-state index in [-0.39, 0.29) is 23.8 Å². The van der Waals surface area contributed by atoms with Crippen LogP contribution in [0.3, 0.4) is 0 Å². The fourth-order valence-electron chi connectivity index (χ4n) is 2.17. The minimum atomic E-state index is -0.977. The number of aromatic nitrogens is 2. The summed E-state index contributed by atoms with van der Waals surface area (Å²) in [5.74, 6) is -1.28. The van der Waals surface area contributed by atoms with E-state index < -0.39 is 18.0 Å². The number of ether oxygens (including phenoxy) is 1. The SMILES string of the molecule is C=CCNC(=O)[C@H](C)OC(=O)c1ccccc1NC(=O)CSc1nccn1C. The molecule has 2 N–H and O–H groups in total. The molecule has 2 rings (SSSR count). The average molecular weight is 402 g/mol. The molecule has 1 heterocycles. The molecule has 2 aromatic rings. The van der Waals surface area contributed by atoms with Gasteiger partial charge < -0.3 is 19.9 Å². The number of hydrogen-bond donors (Lipinski definition) is 2. The third-order valence-electron chi connectivity index (χ3n) is 3.60. The molecule has 1 atom stereocenters. The first-order chi connectivity index (χ1) is 13.4. The molecule has 1 aromatic carbocycles. The molecular formula is C19H22N4O4S. The topological polar surface area (TPSA) is 102 Å². The number of amides is 2. The Morgan fingerprint density at radius 2 is 2.11 bits per heavy atom. The van der Waals surface area contributed by atoms with Gasteiger partial charge in [-0.1, -0.05) is 30.0 Å². The highest BCUT2D eigenvalue weighted by atomic mass is 32.2. The minimum absolute atomic E-state index is 0.134. The van der Waals surface area contributed by atoms with Crippen LogP contribution in [0.4, 0.5) is 5.69 Å². The van der Waals surface area contributed by atoms with Crippen LogP contribution in [0.2, 0.25) is 0 Å². The summed E-state index contributed by atoms with van der Waals surface area (Å²) in [6, 6.07) is 6.47. The molecule has 0 bridgehead atoms. The van der Waals surface area contributed by atoms with Gasteiger partial charge in [-0.05, 0) is 19.1 Å². The second kappa shape index (κ2) is 10.3. The molecule has 2 amide bonds. The first-order valence-corrected chi connectivity index (χ1v) is 9.49. The standard InChI is InChI=1S/C19H22N4O4S/c1-4-9-20-17(25)13(2)27-18(26)14-7-5-6-8-15(14)22-16(24)12-28-19-21-10-11-23(19)3/h4-8,10-11,13H,1,9,12H2,2-3H3,(H,20,25)(H,22,24)/t13-/m0/s1. The number of nitrogens with zero attached hydrogens (tertiary/aromatic N) is 2. The highest BCUT2D eigenvalue weighted by Gasteiger charge is 2.21. The highest BCUT2D eigenvalue weighted by molar-refractivity contribution is 7.99. The van der Waals surface area contributed by atoms with Crippen LogP contribution in [0.15, 0.2) is 54.5 Å². The quantitative estimate of drug-likeness (QED) is 0.378. The lowest BCUT2D eigenvalue weighted by molar-refractivity contribution is -0.128. The molecule has 148 valence electrons. The Labute approximate surface area is 167 Å². The number of carbonyl (C=O) groups excluding carboxylic acids is 3. The van der Waals surface area contributed by atoms with Gasteiger partial charge in [-0.25, -0.2) is 9.78 Å². The largest absolute Gasteiger partial charge is 0.449 e. The van der Waals surface area contributed by atoms with E-state index in [4.69, 9.17) is 4.74 Å². The number of para-hydroxylation sites is 1. The van der Waals surface area contributed by atoms with E-state index in [1.54, 1.807) is 30.6 Å². The number of hydrogen-bond acceptors (Lipinski definition) is 6. The summed E-state index contributed by atoms with van der Waals surface area (Å²) in [5.41, 5.74) is 0.484. The second-order valence-electron chi connectivity index (χ2n) is 5.78. The number of anilines is 1. The summed E-state index contributed by atoms with van der Waals surface area (Å²) in [5, 5.41) is 5.96. The van der Waals surface area contributed by atoms with E-state index >= 15 is 0 Å². The monoisotopic (exact) mass is 402 g/mol. The van der Waals surface area contributed by atoms with E-state index in [1.165, 1.54) is 30.8 Å². The van der Waals surface area contributed by atoms with Gasteiger partial charge in [0.25, 0.3) is 5.91 Å². The maximum atomic E-state index is 12.4. The zero-order chi connectivity index (χ0) is 20.5. The molecule has 0 fully saturated rings. The molecule has 0 saturated carbocycles. The summed E-state index contributed by atoms with van der Waals surface area (Å²) < 4.78 is 7.00. The van der Waals surface area contributed by atoms with Crippen LogP contribution in [0.25, 0.3) is 0 Å². The van der Waals surface area contributed by atoms with E-state index in [9.17, 15) is 14.4 Å². The van der Waals surface area contributed by atoms with Crippen LogP contribution in [0.1, 0.15) is 17.3 Å². The molecule has 1 aromatic heterocycles. The Kier molecular flexibility index (Phi) is 7.82. The summed E-state index contributed by atoms with van der Waals surface area (Å²) in [6.45, 7) is 5.26. The summed E-state index contributed by atoms with van der Waals surface area (Å²) in [4.78, 5) is 40.7. The van der Waals surface area contributed by atoms with E-state index in [1.807, 2.05) is 11.6 Å². The smallest absolute Gasteiger partial charge is 0.341 e. The third kappa shape index (κ3) is 5.98. The number of esters is 1. The first kappa shape index (κ1) is 21.2. The van der Waals surface area contributed by atoms with Crippen molar-refractivity contribution in [2.45, 2.75) is 18.2 Å². The molecule has 0 radical (unpaired) electrons. The number of thioether (sulfide) groups is 1. The summed E-state index contributed by atoms with van der Waals surface area (Å²) >= 11 is 1.28. The van der Waals surface area contributed by atoms with Crippen LogP contribution in [0, 0.1) is 0 Å². The lowest BCUT2D eigenvalue weighted by atomic mass is 10.1. The van der Waals surface area contributed by atoms with Crippen molar-refractivity contribution in [3.05, 3.63) is 54.9 Å². The number of rotatable bonds is 9. The van der Waals surface area contributed by atoms with Crippen molar-refractivity contribution < 1.29 is 19.1 Å². The van der Waals surface area contributed by atoms with Crippen molar-refractivity contribution in [2.75, 3.05) is 17.6 Å². The number of imidazole rings is 1. The zero-order valence-electron chi connectivity index (χ0n) is 15.7. The summed E-state index contributed by atoms with van der Waals surface area (Å²) in [7, 11) is 1.84. The fourth-order valence-corrected chi connectivity index (χ4v) is 2.90. The molecule has 28 heavy (non-hydrogen) atoms. The van der Waals surface area contributed by atoms with Crippen molar-refractivity contribution in [3.63, 3.8) is 0 Å². The number of benzene rings is 1. The Morgan fingerprint density at radius 3 is 2.79 bits per heavy atom. The highest BCUT2D eigenvalue weighted by Crippen LogP contribution is 2.19. The molecule has 0 aliphatic carbocycles. The van der Waals surface area contributed by atoms with Crippen molar-refractivity contribution >= 4 is 35.2 Å².